The lowest BCUT2D eigenvalue weighted by Gasteiger charge is -2.35. The predicted molar refractivity (Wildman–Crippen MR) is 90.1 cm³/mol. The molecule has 2 aliphatic rings. The molecule has 7 heteroatoms. The van der Waals surface area contributed by atoms with Crippen LogP contribution in [0.25, 0.3) is 10.2 Å². The van der Waals surface area contributed by atoms with Crippen molar-refractivity contribution in [3.05, 3.63) is 23.2 Å². The SMILES string of the molecule is CC1(C)OB(c2ccnc3cc(C4(O)COC4)sc23)OC1(C)C. The van der Waals surface area contributed by atoms with E-state index in [1.807, 2.05) is 39.8 Å². The summed E-state index contributed by atoms with van der Waals surface area (Å²) in [7, 11) is -0.427. The molecule has 1 N–H and O–H groups in total. The summed E-state index contributed by atoms with van der Waals surface area (Å²) in [6.07, 6.45) is 1.76. The second kappa shape index (κ2) is 4.77. The lowest BCUT2D eigenvalue weighted by molar-refractivity contribution is -0.182. The minimum Gasteiger partial charge on any atom is -0.399 e. The van der Waals surface area contributed by atoms with Crippen LogP contribution in [0.3, 0.4) is 0 Å². The molecule has 0 atom stereocenters. The van der Waals surface area contributed by atoms with E-state index < -0.39 is 12.7 Å². The zero-order valence-corrected chi connectivity index (χ0v) is 14.6. The second-order valence-corrected chi connectivity index (χ2v) is 8.39. The van der Waals surface area contributed by atoms with Gasteiger partial charge in [-0.05, 0) is 39.8 Å². The molecule has 0 aromatic carbocycles. The smallest absolute Gasteiger partial charge is 0.399 e. The molecule has 0 spiro atoms. The Bertz CT molecular complexity index is 753. The van der Waals surface area contributed by atoms with Crippen molar-refractivity contribution in [2.75, 3.05) is 13.2 Å². The summed E-state index contributed by atoms with van der Waals surface area (Å²) in [6, 6.07) is 3.88. The van der Waals surface area contributed by atoms with Gasteiger partial charge in [-0.3, -0.25) is 4.98 Å². The van der Waals surface area contributed by atoms with Gasteiger partial charge in [0.05, 0.1) is 34.6 Å². The van der Waals surface area contributed by atoms with Crippen molar-refractivity contribution < 1.29 is 19.2 Å². The summed E-state index contributed by atoms with van der Waals surface area (Å²) in [5.41, 5.74) is 0.186. The summed E-state index contributed by atoms with van der Waals surface area (Å²) in [6.45, 7) is 8.84. The lowest BCUT2D eigenvalue weighted by atomic mass is 9.79. The molecule has 0 radical (unpaired) electrons. The summed E-state index contributed by atoms with van der Waals surface area (Å²) < 4.78 is 18.5. The first-order chi connectivity index (χ1) is 10.7. The van der Waals surface area contributed by atoms with Gasteiger partial charge in [-0.2, -0.15) is 0 Å². The van der Waals surface area contributed by atoms with Crippen LogP contribution in [0.4, 0.5) is 0 Å². The number of fused-ring (bicyclic) bond motifs is 1. The summed E-state index contributed by atoms with van der Waals surface area (Å²) in [5.74, 6) is 0. The van der Waals surface area contributed by atoms with Crippen LogP contribution < -0.4 is 5.46 Å². The lowest BCUT2D eigenvalue weighted by Crippen LogP contribution is -2.45. The fourth-order valence-electron chi connectivity index (χ4n) is 2.78. The van der Waals surface area contributed by atoms with E-state index in [4.69, 9.17) is 14.0 Å². The molecule has 0 amide bonds. The fourth-order valence-corrected chi connectivity index (χ4v) is 3.98. The molecule has 2 fully saturated rings. The van der Waals surface area contributed by atoms with Crippen molar-refractivity contribution >= 4 is 34.1 Å². The molecule has 5 nitrogen and oxygen atoms in total. The topological polar surface area (TPSA) is 60.8 Å². The van der Waals surface area contributed by atoms with Crippen molar-refractivity contribution in [3.63, 3.8) is 0 Å². The van der Waals surface area contributed by atoms with Gasteiger partial charge in [-0.15, -0.1) is 11.3 Å². The molecule has 4 rings (SSSR count). The largest absolute Gasteiger partial charge is 0.496 e. The number of aliphatic hydroxyl groups is 1. The third-order valence-corrected chi connectivity index (χ3v) is 6.46. The Morgan fingerprint density at radius 1 is 1.17 bits per heavy atom. The van der Waals surface area contributed by atoms with Gasteiger partial charge in [-0.25, -0.2) is 0 Å². The van der Waals surface area contributed by atoms with Gasteiger partial charge in [0.2, 0.25) is 0 Å². The van der Waals surface area contributed by atoms with Crippen LogP contribution in [-0.2, 0) is 19.6 Å². The number of hydrogen-bond acceptors (Lipinski definition) is 6. The first-order valence-electron chi connectivity index (χ1n) is 7.77. The number of pyridine rings is 1. The van der Waals surface area contributed by atoms with Crippen molar-refractivity contribution in [3.8, 4) is 0 Å². The highest BCUT2D eigenvalue weighted by Gasteiger charge is 2.52. The fraction of sp³-hybridized carbons (Fsp3) is 0.562. The van der Waals surface area contributed by atoms with Crippen LogP contribution in [0.15, 0.2) is 18.3 Å². The van der Waals surface area contributed by atoms with Crippen LogP contribution in [0.5, 0.6) is 0 Å². The summed E-state index contributed by atoms with van der Waals surface area (Å²) >= 11 is 1.54. The van der Waals surface area contributed by atoms with Gasteiger partial charge in [0.15, 0.2) is 0 Å². The maximum absolute atomic E-state index is 10.5. The minimum absolute atomic E-state index is 0.339. The van der Waals surface area contributed by atoms with E-state index in [9.17, 15) is 5.11 Å². The van der Waals surface area contributed by atoms with Crippen LogP contribution >= 0.6 is 11.3 Å². The molecule has 2 aliphatic heterocycles. The molecule has 0 saturated carbocycles. The molecule has 23 heavy (non-hydrogen) atoms. The number of nitrogens with zero attached hydrogens (tertiary/aromatic N) is 1. The molecule has 0 bridgehead atoms. The van der Waals surface area contributed by atoms with E-state index >= 15 is 0 Å². The Morgan fingerprint density at radius 3 is 2.39 bits per heavy atom. The molecule has 2 aromatic rings. The highest BCUT2D eigenvalue weighted by molar-refractivity contribution is 7.20. The second-order valence-electron chi connectivity index (χ2n) is 7.34. The number of rotatable bonds is 2. The van der Waals surface area contributed by atoms with Gasteiger partial charge < -0.3 is 19.2 Å². The monoisotopic (exact) mass is 333 g/mol. The third kappa shape index (κ3) is 2.26. The van der Waals surface area contributed by atoms with Gasteiger partial charge in [0.25, 0.3) is 0 Å². The Morgan fingerprint density at radius 2 is 1.83 bits per heavy atom. The van der Waals surface area contributed by atoms with E-state index in [1.54, 1.807) is 17.5 Å². The van der Waals surface area contributed by atoms with Crippen LogP contribution in [-0.4, -0.2) is 41.6 Å². The maximum atomic E-state index is 10.5. The Labute approximate surface area is 139 Å². The number of thiophene rings is 1. The standard InChI is InChI=1S/C16H20BNO4S/c1-14(2)15(3,4)22-17(21-14)10-5-6-18-11-7-12(23-13(10)11)16(19)8-20-9-16/h5-7,19H,8-9H2,1-4H3. The average Bonchev–Trinajstić information content (AvgIpc) is 2.95. The van der Waals surface area contributed by atoms with E-state index in [-0.39, 0.29) is 11.2 Å². The quantitative estimate of drug-likeness (QED) is 0.850. The van der Waals surface area contributed by atoms with E-state index in [1.165, 1.54) is 0 Å². The summed E-state index contributed by atoms with van der Waals surface area (Å²) in [5, 5.41) is 10.5. The van der Waals surface area contributed by atoms with E-state index in [0.717, 1.165) is 20.6 Å². The highest BCUT2D eigenvalue weighted by Crippen LogP contribution is 2.39. The van der Waals surface area contributed by atoms with Crippen LogP contribution in [0.2, 0.25) is 0 Å². The molecule has 122 valence electrons. The van der Waals surface area contributed by atoms with Crippen molar-refractivity contribution in [2.24, 2.45) is 0 Å². The molecular formula is C16H20BNO4S. The first-order valence-corrected chi connectivity index (χ1v) is 8.58. The average molecular weight is 333 g/mol. The zero-order chi connectivity index (χ0) is 16.5. The predicted octanol–water partition coefficient (Wildman–Crippen LogP) is 1.81. The molecule has 2 aromatic heterocycles. The Balaban J connectivity index is 1.76. The van der Waals surface area contributed by atoms with Crippen LogP contribution in [0.1, 0.15) is 32.6 Å². The normalized spacial score (nSPS) is 24.8. The number of ether oxygens (including phenoxy) is 1. The molecular weight excluding hydrogens is 313 g/mol. The van der Waals surface area contributed by atoms with Crippen LogP contribution in [0, 0.1) is 0 Å². The van der Waals surface area contributed by atoms with Gasteiger partial charge in [0, 0.05) is 16.5 Å². The minimum atomic E-state index is -0.876. The van der Waals surface area contributed by atoms with Crippen molar-refractivity contribution in [1.82, 2.24) is 4.98 Å². The maximum Gasteiger partial charge on any atom is 0.496 e. The Hall–Kier alpha value is -0.985. The number of hydrogen-bond donors (Lipinski definition) is 1. The third-order valence-electron chi connectivity index (χ3n) is 5.09. The van der Waals surface area contributed by atoms with E-state index in [2.05, 4.69) is 4.98 Å². The van der Waals surface area contributed by atoms with Crippen molar-refractivity contribution in [1.29, 1.82) is 0 Å². The van der Waals surface area contributed by atoms with E-state index in [0.29, 0.717) is 13.2 Å². The summed E-state index contributed by atoms with van der Waals surface area (Å²) in [4.78, 5) is 5.31. The highest BCUT2D eigenvalue weighted by atomic mass is 32.1. The molecule has 4 heterocycles. The van der Waals surface area contributed by atoms with Crippen molar-refractivity contribution in [2.45, 2.75) is 44.5 Å². The number of aromatic nitrogens is 1. The molecule has 0 unspecified atom stereocenters. The first kappa shape index (κ1) is 15.5. The van der Waals surface area contributed by atoms with Gasteiger partial charge in [-0.1, -0.05) is 0 Å². The Kier molecular flexibility index (Phi) is 3.22. The molecule has 0 aliphatic carbocycles. The van der Waals surface area contributed by atoms with Gasteiger partial charge in [0.1, 0.15) is 5.60 Å². The van der Waals surface area contributed by atoms with Gasteiger partial charge >= 0.3 is 7.12 Å². The molecule has 2 saturated heterocycles. The zero-order valence-electron chi connectivity index (χ0n) is 13.8.